The molecule has 0 atom stereocenters. The normalized spacial score (nSPS) is 13.6. The molecule has 0 fully saturated rings. The van der Waals surface area contributed by atoms with E-state index in [1.807, 2.05) is 0 Å². The van der Waals surface area contributed by atoms with E-state index in [9.17, 15) is 0 Å². The summed E-state index contributed by atoms with van der Waals surface area (Å²) < 4.78 is 0. The van der Waals surface area contributed by atoms with Crippen LogP contribution in [-0.4, -0.2) is 0 Å². The Morgan fingerprint density at radius 1 is 0.255 bits per heavy atom. The number of hydrogen-bond donors (Lipinski definition) is 0. The molecular weight excluding hydrogens is 661 g/mol. The SMILES string of the molecule is c1ccc(-c2ccc3ccccc3c2-c2ccc3cc4c(cc3c2)-c2cccc3c5c(cc-4c23)C2(c3ccccc3-c3ccccc32)c2ccccc2-5)cc1. The predicted octanol–water partition coefficient (Wildman–Crippen LogP) is 14.5. The molecule has 0 N–H and O–H groups in total. The molecule has 0 heterocycles. The third-order valence-electron chi connectivity index (χ3n) is 13.0. The summed E-state index contributed by atoms with van der Waals surface area (Å²) in [4.78, 5) is 0. The molecule has 0 bridgehead atoms. The Balaban J connectivity index is 1.07. The zero-order valence-electron chi connectivity index (χ0n) is 30.0. The van der Waals surface area contributed by atoms with Crippen molar-refractivity contribution in [2.75, 3.05) is 0 Å². The van der Waals surface area contributed by atoms with Crippen molar-refractivity contribution >= 4 is 32.3 Å². The maximum absolute atomic E-state index is 2.58. The van der Waals surface area contributed by atoms with Crippen LogP contribution >= 0.6 is 0 Å². The summed E-state index contributed by atoms with van der Waals surface area (Å²) in [7, 11) is 0. The van der Waals surface area contributed by atoms with Gasteiger partial charge in [-0.3, -0.25) is 0 Å². The second kappa shape index (κ2) is 10.6. The molecule has 0 aliphatic heterocycles. The quantitative estimate of drug-likeness (QED) is 0.169. The fourth-order valence-electron chi connectivity index (χ4n) is 10.8. The van der Waals surface area contributed by atoms with Gasteiger partial charge in [0.1, 0.15) is 0 Å². The Kier molecular flexibility index (Phi) is 5.65. The average Bonchev–Trinajstić information content (AvgIpc) is 3.85. The van der Waals surface area contributed by atoms with Crippen LogP contribution in [0.5, 0.6) is 0 Å². The number of benzene rings is 10. The minimum atomic E-state index is -0.372. The maximum Gasteiger partial charge on any atom is 0.0725 e. The van der Waals surface area contributed by atoms with Gasteiger partial charge in [0.2, 0.25) is 0 Å². The molecule has 3 aliphatic rings. The number of rotatable bonds is 2. The van der Waals surface area contributed by atoms with E-state index < -0.39 is 0 Å². The van der Waals surface area contributed by atoms with Gasteiger partial charge in [0.15, 0.2) is 0 Å². The first-order chi connectivity index (χ1) is 27.3. The lowest BCUT2D eigenvalue weighted by Gasteiger charge is -2.30. The molecule has 0 aromatic heterocycles. The van der Waals surface area contributed by atoms with Crippen molar-refractivity contribution in [1.82, 2.24) is 0 Å². The van der Waals surface area contributed by atoms with E-state index in [2.05, 4.69) is 194 Å². The second-order valence-electron chi connectivity index (χ2n) is 15.5. The minimum Gasteiger partial charge on any atom is -0.0622 e. The molecular formula is C55H32. The lowest BCUT2D eigenvalue weighted by Crippen LogP contribution is -2.25. The van der Waals surface area contributed by atoms with Gasteiger partial charge in [-0.05, 0) is 146 Å². The lowest BCUT2D eigenvalue weighted by molar-refractivity contribution is 0.795. The van der Waals surface area contributed by atoms with Crippen molar-refractivity contribution in [2.45, 2.75) is 5.41 Å². The zero-order chi connectivity index (χ0) is 35.8. The molecule has 55 heavy (non-hydrogen) atoms. The molecule has 0 unspecified atom stereocenters. The van der Waals surface area contributed by atoms with Gasteiger partial charge in [0, 0.05) is 0 Å². The van der Waals surface area contributed by atoms with E-state index in [0.717, 1.165) is 0 Å². The highest BCUT2D eigenvalue weighted by atomic mass is 14.5. The maximum atomic E-state index is 2.58. The Morgan fingerprint density at radius 3 is 1.65 bits per heavy atom. The van der Waals surface area contributed by atoms with E-state index in [-0.39, 0.29) is 5.41 Å². The molecule has 13 rings (SSSR count). The fraction of sp³-hybridized carbons (Fsp3) is 0.0182. The number of hydrogen-bond acceptors (Lipinski definition) is 0. The predicted molar refractivity (Wildman–Crippen MR) is 231 cm³/mol. The third kappa shape index (κ3) is 3.67. The van der Waals surface area contributed by atoms with E-state index in [1.165, 1.54) is 121 Å². The molecule has 1 spiro atoms. The topological polar surface area (TPSA) is 0 Å². The van der Waals surface area contributed by atoms with Gasteiger partial charge in [-0.15, -0.1) is 0 Å². The van der Waals surface area contributed by atoms with Crippen molar-refractivity contribution in [2.24, 2.45) is 0 Å². The van der Waals surface area contributed by atoms with Gasteiger partial charge in [0.25, 0.3) is 0 Å². The zero-order valence-corrected chi connectivity index (χ0v) is 30.0. The summed E-state index contributed by atoms with van der Waals surface area (Å²) >= 11 is 0. The first-order valence-corrected chi connectivity index (χ1v) is 19.3. The summed E-state index contributed by atoms with van der Waals surface area (Å²) in [6, 6.07) is 73.2. The van der Waals surface area contributed by atoms with E-state index in [4.69, 9.17) is 0 Å². The second-order valence-corrected chi connectivity index (χ2v) is 15.5. The summed E-state index contributed by atoms with van der Waals surface area (Å²) in [5, 5.41) is 7.79. The van der Waals surface area contributed by atoms with Crippen LogP contribution in [0.15, 0.2) is 194 Å². The van der Waals surface area contributed by atoms with E-state index in [1.54, 1.807) is 0 Å². The molecule has 252 valence electrons. The van der Waals surface area contributed by atoms with Crippen molar-refractivity contribution in [3.8, 4) is 66.8 Å². The molecule has 0 amide bonds. The van der Waals surface area contributed by atoms with Crippen LogP contribution in [0.1, 0.15) is 22.3 Å². The fourth-order valence-corrected chi connectivity index (χ4v) is 10.8. The Hall–Kier alpha value is -7.02. The monoisotopic (exact) mass is 692 g/mol. The van der Waals surface area contributed by atoms with Crippen LogP contribution in [0.25, 0.3) is 99.1 Å². The van der Waals surface area contributed by atoms with Crippen molar-refractivity contribution in [3.05, 3.63) is 216 Å². The smallest absolute Gasteiger partial charge is 0.0622 e. The van der Waals surface area contributed by atoms with Crippen LogP contribution in [0, 0.1) is 0 Å². The van der Waals surface area contributed by atoms with Gasteiger partial charge < -0.3 is 0 Å². The van der Waals surface area contributed by atoms with E-state index in [0.29, 0.717) is 0 Å². The highest BCUT2D eigenvalue weighted by Gasteiger charge is 2.52. The van der Waals surface area contributed by atoms with Crippen LogP contribution < -0.4 is 0 Å². The highest BCUT2D eigenvalue weighted by molar-refractivity contribution is 6.22. The summed E-state index contributed by atoms with van der Waals surface area (Å²) in [6.45, 7) is 0. The first-order valence-electron chi connectivity index (χ1n) is 19.3. The van der Waals surface area contributed by atoms with Crippen molar-refractivity contribution in [1.29, 1.82) is 0 Å². The minimum absolute atomic E-state index is 0.372. The van der Waals surface area contributed by atoms with Gasteiger partial charge in [-0.25, -0.2) is 0 Å². The molecule has 0 heteroatoms. The van der Waals surface area contributed by atoms with Crippen molar-refractivity contribution < 1.29 is 0 Å². The van der Waals surface area contributed by atoms with Crippen molar-refractivity contribution in [3.63, 3.8) is 0 Å². The van der Waals surface area contributed by atoms with Crippen LogP contribution in [-0.2, 0) is 5.41 Å². The van der Waals surface area contributed by atoms with Crippen LogP contribution in [0.2, 0.25) is 0 Å². The van der Waals surface area contributed by atoms with E-state index >= 15 is 0 Å². The third-order valence-corrected chi connectivity index (χ3v) is 13.0. The first kappa shape index (κ1) is 29.4. The lowest BCUT2D eigenvalue weighted by atomic mass is 9.70. The average molecular weight is 693 g/mol. The van der Waals surface area contributed by atoms with Gasteiger partial charge in [0.05, 0.1) is 5.41 Å². The highest BCUT2D eigenvalue weighted by Crippen LogP contribution is 2.65. The summed E-state index contributed by atoms with van der Waals surface area (Å²) in [5.41, 5.74) is 21.0. The van der Waals surface area contributed by atoms with Gasteiger partial charge in [-0.2, -0.15) is 0 Å². The molecule has 0 saturated carbocycles. The Morgan fingerprint density at radius 2 is 0.855 bits per heavy atom. The Labute approximate surface area is 319 Å². The molecule has 0 radical (unpaired) electrons. The molecule has 3 aliphatic carbocycles. The van der Waals surface area contributed by atoms with Crippen LogP contribution in [0.3, 0.4) is 0 Å². The van der Waals surface area contributed by atoms with Gasteiger partial charge >= 0.3 is 0 Å². The molecule has 0 nitrogen and oxygen atoms in total. The van der Waals surface area contributed by atoms with Crippen LogP contribution in [0.4, 0.5) is 0 Å². The Bertz CT molecular complexity index is 3260. The number of fused-ring (bicyclic) bond motifs is 16. The molecule has 10 aromatic rings. The summed E-state index contributed by atoms with van der Waals surface area (Å²) in [6.07, 6.45) is 0. The standard InChI is InChI=1S/C55H32/c1-2-13-33(14-3-1)39-28-27-34-15-4-5-16-38(34)52(39)36-26-25-35-30-46-45(31-37(35)29-36)42-20-12-21-44-53(42)47(46)32-51-54(44)43-19-8-11-24-50(43)55(51)48-22-9-6-17-40(48)41-18-7-10-23-49(41)55/h1-32H. The largest absolute Gasteiger partial charge is 0.0725 e. The van der Waals surface area contributed by atoms with Gasteiger partial charge in [-0.1, -0.05) is 170 Å². The molecule has 10 aromatic carbocycles. The molecule has 0 saturated heterocycles. The summed E-state index contributed by atoms with van der Waals surface area (Å²) in [5.74, 6) is 0.